The summed E-state index contributed by atoms with van der Waals surface area (Å²) >= 11 is 1.88. The van der Waals surface area contributed by atoms with Crippen LogP contribution in [0.4, 0.5) is 0 Å². The smallest absolute Gasteiger partial charge is 0.248 e. The average molecular weight is 224 g/mol. The third kappa shape index (κ3) is 4.39. The van der Waals surface area contributed by atoms with Crippen molar-refractivity contribution >= 4 is 11.8 Å². The number of hydrogen-bond donors (Lipinski definition) is 1. The third-order valence-electron chi connectivity index (χ3n) is 2.30. The Balaban J connectivity index is 2.36. The molecule has 0 aliphatic rings. The fraction of sp³-hybridized carbons (Fsp3) is 0.636. The fourth-order valence-electron chi connectivity index (χ4n) is 1.54. The van der Waals surface area contributed by atoms with Crippen LogP contribution in [0.2, 0.25) is 0 Å². The first-order valence-corrected chi connectivity index (χ1v) is 6.69. The van der Waals surface area contributed by atoms with Crippen molar-refractivity contribution in [2.75, 3.05) is 12.0 Å². The molecule has 0 unspecified atom stereocenters. The van der Waals surface area contributed by atoms with E-state index in [2.05, 4.69) is 28.1 Å². The number of H-pyrrole nitrogens is 1. The van der Waals surface area contributed by atoms with Crippen molar-refractivity contribution in [2.45, 2.75) is 32.2 Å². The van der Waals surface area contributed by atoms with Crippen molar-refractivity contribution in [3.05, 3.63) is 18.2 Å². The number of unbranched alkanes of at least 4 members (excludes halogenated alkanes) is 1. The molecule has 1 rings (SSSR count). The van der Waals surface area contributed by atoms with E-state index in [1.807, 2.05) is 18.0 Å². The number of nitriles is 1. The molecule has 0 aliphatic heterocycles. The maximum atomic E-state index is 8.47. The second-order valence-corrected chi connectivity index (χ2v) is 4.44. The molecule has 0 fully saturated rings. The molecule has 0 radical (unpaired) electrons. The monoisotopic (exact) mass is 224 g/mol. The van der Waals surface area contributed by atoms with Crippen LogP contribution >= 0.6 is 11.8 Å². The minimum Gasteiger partial charge on any atom is -0.248 e. The van der Waals surface area contributed by atoms with Gasteiger partial charge in [-0.1, -0.05) is 0 Å². The molecule has 0 saturated carbocycles. The van der Waals surface area contributed by atoms with Crippen molar-refractivity contribution in [2.24, 2.45) is 0 Å². The van der Waals surface area contributed by atoms with E-state index in [-0.39, 0.29) is 0 Å². The maximum absolute atomic E-state index is 8.47. The van der Waals surface area contributed by atoms with Gasteiger partial charge in [0.15, 0.2) is 0 Å². The molecule has 0 aromatic carbocycles. The second-order valence-electron chi connectivity index (χ2n) is 3.46. The quantitative estimate of drug-likeness (QED) is 0.568. The summed E-state index contributed by atoms with van der Waals surface area (Å²) in [5.74, 6) is 2.45. The summed E-state index contributed by atoms with van der Waals surface area (Å²) in [5.41, 5.74) is 0. The van der Waals surface area contributed by atoms with Gasteiger partial charge >= 0.3 is 0 Å². The van der Waals surface area contributed by atoms with Gasteiger partial charge < -0.3 is 0 Å². The predicted molar refractivity (Wildman–Crippen MR) is 62.5 cm³/mol. The fourth-order valence-corrected chi connectivity index (χ4v) is 1.95. The molecule has 0 spiro atoms. The number of nitrogens with zero attached hydrogens (tertiary/aromatic N) is 2. The standard InChI is InChI=1S/C11H17N3S/c1-15-10-4-8-14-9-7-13-11(14)5-2-3-6-12/h7,9H,2-5,8,10H2,1H3/p+1. The van der Waals surface area contributed by atoms with Crippen LogP contribution in [0, 0.1) is 11.3 Å². The van der Waals surface area contributed by atoms with Gasteiger partial charge in [-0.05, 0) is 24.9 Å². The van der Waals surface area contributed by atoms with E-state index < -0.39 is 0 Å². The molecule has 15 heavy (non-hydrogen) atoms. The lowest BCUT2D eigenvalue weighted by Gasteiger charge is -1.99. The lowest BCUT2D eigenvalue weighted by Crippen LogP contribution is -2.36. The Hall–Kier alpha value is -0.950. The first-order valence-electron chi connectivity index (χ1n) is 5.30. The Labute approximate surface area is 95.5 Å². The van der Waals surface area contributed by atoms with Gasteiger partial charge in [-0.15, -0.1) is 0 Å². The Morgan fingerprint density at radius 1 is 1.53 bits per heavy atom. The van der Waals surface area contributed by atoms with Crippen LogP contribution < -0.4 is 4.57 Å². The first kappa shape index (κ1) is 12.1. The summed E-state index contributed by atoms with van der Waals surface area (Å²) in [7, 11) is 0. The molecule has 0 saturated heterocycles. The summed E-state index contributed by atoms with van der Waals surface area (Å²) in [6.45, 7) is 1.08. The zero-order valence-electron chi connectivity index (χ0n) is 9.20. The van der Waals surface area contributed by atoms with Gasteiger partial charge in [0.05, 0.1) is 19.0 Å². The molecule has 0 amide bonds. The highest BCUT2D eigenvalue weighted by Crippen LogP contribution is 1.99. The van der Waals surface area contributed by atoms with Crippen molar-refractivity contribution in [1.82, 2.24) is 4.98 Å². The van der Waals surface area contributed by atoms with Gasteiger partial charge in [0, 0.05) is 6.42 Å². The molecular formula is C11H18N3S+. The third-order valence-corrected chi connectivity index (χ3v) is 3.00. The largest absolute Gasteiger partial charge is 0.254 e. The molecule has 4 heteroatoms. The van der Waals surface area contributed by atoms with Crippen LogP contribution in [0.3, 0.4) is 0 Å². The van der Waals surface area contributed by atoms with E-state index >= 15 is 0 Å². The van der Waals surface area contributed by atoms with Crippen LogP contribution in [0.1, 0.15) is 25.1 Å². The highest BCUT2D eigenvalue weighted by atomic mass is 32.2. The normalized spacial score (nSPS) is 10.1. The van der Waals surface area contributed by atoms with Crippen LogP contribution in [0.15, 0.2) is 12.4 Å². The summed E-state index contributed by atoms with van der Waals surface area (Å²) in [5, 5.41) is 8.47. The van der Waals surface area contributed by atoms with Gasteiger partial charge in [-0.25, -0.2) is 9.55 Å². The van der Waals surface area contributed by atoms with Gasteiger partial charge in [0.1, 0.15) is 12.4 Å². The summed E-state index contributed by atoms with van der Waals surface area (Å²) in [4.78, 5) is 3.24. The van der Waals surface area contributed by atoms with Crippen molar-refractivity contribution in [3.8, 4) is 6.07 Å². The molecule has 3 nitrogen and oxygen atoms in total. The second kappa shape index (κ2) is 7.36. The van der Waals surface area contributed by atoms with E-state index in [1.54, 1.807) is 0 Å². The Bertz CT molecular complexity index is 314. The Morgan fingerprint density at radius 2 is 2.40 bits per heavy atom. The van der Waals surface area contributed by atoms with Gasteiger partial charge in [0.25, 0.3) is 5.82 Å². The topological polar surface area (TPSA) is 43.5 Å². The first-order chi connectivity index (χ1) is 7.38. The van der Waals surface area contributed by atoms with E-state index in [9.17, 15) is 0 Å². The highest BCUT2D eigenvalue weighted by Gasteiger charge is 2.08. The number of rotatable bonds is 7. The lowest BCUT2D eigenvalue weighted by atomic mass is 10.2. The van der Waals surface area contributed by atoms with Gasteiger partial charge in [0.2, 0.25) is 0 Å². The number of hydrogen-bond acceptors (Lipinski definition) is 2. The predicted octanol–water partition coefficient (Wildman–Crippen LogP) is 1.90. The Kier molecular flexibility index (Phi) is 5.94. The molecule has 1 aromatic heterocycles. The van der Waals surface area contributed by atoms with Crippen LogP contribution in [0.25, 0.3) is 0 Å². The molecule has 0 bridgehead atoms. The molecule has 0 aliphatic carbocycles. The number of aromatic amines is 1. The molecule has 1 heterocycles. The summed E-state index contributed by atoms with van der Waals surface area (Å²) < 4.78 is 2.26. The van der Waals surface area contributed by atoms with E-state index in [1.165, 1.54) is 18.0 Å². The molecular weight excluding hydrogens is 206 g/mol. The van der Waals surface area contributed by atoms with Crippen molar-refractivity contribution < 1.29 is 4.57 Å². The number of imidazole rings is 1. The maximum Gasteiger partial charge on any atom is 0.254 e. The minimum atomic E-state index is 0.643. The summed E-state index contributed by atoms with van der Waals surface area (Å²) in [6.07, 6.45) is 9.95. The number of aromatic nitrogens is 2. The van der Waals surface area contributed by atoms with Gasteiger partial charge in [-0.3, -0.25) is 0 Å². The lowest BCUT2D eigenvalue weighted by molar-refractivity contribution is -0.702. The van der Waals surface area contributed by atoms with E-state index in [0.29, 0.717) is 6.42 Å². The molecule has 1 aromatic rings. The SMILES string of the molecule is CSCCC[n+]1cc[nH]c1CCCC#N. The van der Waals surface area contributed by atoms with Gasteiger partial charge in [-0.2, -0.15) is 17.0 Å². The number of nitrogens with one attached hydrogen (secondary N) is 1. The number of thioether (sulfide) groups is 1. The molecule has 1 N–H and O–H groups in total. The van der Waals surface area contributed by atoms with Crippen LogP contribution in [-0.2, 0) is 13.0 Å². The molecule has 82 valence electrons. The van der Waals surface area contributed by atoms with Crippen molar-refractivity contribution in [1.29, 1.82) is 5.26 Å². The zero-order valence-corrected chi connectivity index (χ0v) is 10.0. The number of aryl methyl sites for hydroxylation is 2. The zero-order chi connectivity index (χ0) is 10.9. The van der Waals surface area contributed by atoms with Crippen LogP contribution in [0.5, 0.6) is 0 Å². The van der Waals surface area contributed by atoms with E-state index in [4.69, 9.17) is 5.26 Å². The van der Waals surface area contributed by atoms with Crippen LogP contribution in [-0.4, -0.2) is 17.0 Å². The average Bonchev–Trinajstić information content (AvgIpc) is 2.67. The van der Waals surface area contributed by atoms with E-state index in [0.717, 1.165) is 19.4 Å². The molecule has 0 atom stereocenters. The summed E-state index contributed by atoms with van der Waals surface area (Å²) in [6, 6.07) is 2.18. The Morgan fingerprint density at radius 3 is 3.13 bits per heavy atom. The van der Waals surface area contributed by atoms with Crippen molar-refractivity contribution in [3.63, 3.8) is 0 Å². The minimum absolute atomic E-state index is 0.643. The highest BCUT2D eigenvalue weighted by molar-refractivity contribution is 7.98.